The van der Waals surface area contributed by atoms with E-state index in [4.69, 9.17) is 0 Å². The van der Waals surface area contributed by atoms with Crippen molar-refractivity contribution in [2.75, 3.05) is 0 Å². The van der Waals surface area contributed by atoms with Gasteiger partial charge in [0, 0.05) is 12.3 Å². The summed E-state index contributed by atoms with van der Waals surface area (Å²) in [6.07, 6.45) is 3.00. The van der Waals surface area contributed by atoms with E-state index in [0.29, 0.717) is 6.42 Å². The van der Waals surface area contributed by atoms with Gasteiger partial charge in [0.05, 0.1) is 0 Å². The molecule has 3 heteroatoms. The Balaban J connectivity index is 2.00. The Kier molecular flexibility index (Phi) is 2.51. The second-order valence-corrected chi connectivity index (χ2v) is 5.53. The second-order valence-electron chi connectivity index (χ2n) is 5.53. The molecular weight excluding hydrogens is 226 g/mol. The van der Waals surface area contributed by atoms with Gasteiger partial charge in [0.25, 0.3) is 0 Å². The van der Waals surface area contributed by atoms with Crippen molar-refractivity contribution in [2.24, 2.45) is 11.3 Å². The van der Waals surface area contributed by atoms with Gasteiger partial charge in [-0.05, 0) is 35.8 Å². The van der Waals surface area contributed by atoms with E-state index in [2.05, 4.69) is 17.4 Å². The number of carbonyl (C=O) groups is 2. The fourth-order valence-corrected chi connectivity index (χ4v) is 3.70. The van der Waals surface area contributed by atoms with Gasteiger partial charge in [-0.1, -0.05) is 31.2 Å². The van der Waals surface area contributed by atoms with Crippen LogP contribution in [0.4, 0.5) is 0 Å². The van der Waals surface area contributed by atoms with Gasteiger partial charge in [-0.25, -0.2) is 0 Å². The number of carbonyl (C=O) groups excluding carboxylic acids is 2. The first-order valence-corrected chi connectivity index (χ1v) is 6.55. The highest BCUT2D eigenvalue weighted by Crippen LogP contribution is 2.48. The maximum absolute atomic E-state index is 12.0. The third-order valence-electron chi connectivity index (χ3n) is 4.44. The summed E-state index contributed by atoms with van der Waals surface area (Å²) in [5.74, 6) is -0.235. The van der Waals surface area contributed by atoms with Crippen LogP contribution in [-0.2, 0) is 22.4 Å². The predicted octanol–water partition coefficient (Wildman–Crippen LogP) is 1.84. The Morgan fingerprint density at radius 3 is 2.33 bits per heavy atom. The molecule has 0 radical (unpaired) electrons. The predicted molar refractivity (Wildman–Crippen MR) is 67.8 cm³/mol. The Morgan fingerprint density at radius 1 is 1.17 bits per heavy atom. The van der Waals surface area contributed by atoms with E-state index in [0.717, 1.165) is 19.3 Å². The lowest BCUT2D eigenvalue weighted by atomic mass is 9.67. The van der Waals surface area contributed by atoms with Gasteiger partial charge in [-0.15, -0.1) is 0 Å². The molecule has 94 valence electrons. The maximum Gasteiger partial charge on any atom is 0.230 e. The molecule has 1 aliphatic carbocycles. The molecule has 1 unspecified atom stereocenters. The van der Waals surface area contributed by atoms with Gasteiger partial charge in [0.2, 0.25) is 11.8 Å². The number of hydrogen-bond acceptors (Lipinski definition) is 2. The SMILES string of the molecule is CCC1C(=O)NC(=O)CC12Cc1ccccc1C2. The number of hydrogen-bond donors (Lipinski definition) is 1. The number of rotatable bonds is 1. The molecule has 1 heterocycles. The van der Waals surface area contributed by atoms with E-state index >= 15 is 0 Å². The topological polar surface area (TPSA) is 46.2 Å². The van der Waals surface area contributed by atoms with E-state index in [1.165, 1.54) is 11.1 Å². The summed E-state index contributed by atoms with van der Waals surface area (Å²) < 4.78 is 0. The third-order valence-corrected chi connectivity index (χ3v) is 4.44. The lowest BCUT2D eigenvalue weighted by Gasteiger charge is -2.39. The van der Waals surface area contributed by atoms with Crippen LogP contribution in [0, 0.1) is 11.3 Å². The zero-order valence-electron chi connectivity index (χ0n) is 10.5. The summed E-state index contributed by atoms with van der Waals surface area (Å²) in [6.45, 7) is 2.03. The van der Waals surface area contributed by atoms with Crippen LogP contribution in [-0.4, -0.2) is 11.8 Å². The van der Waals surface area contributed by atoms with Crippen molar-refractivity contribution in [1.29, 1.82) is 0 Å². The zero-order valence-corrected chi connectivity index (χ0v) is 10.5. The fraction of sp³-hybridized carbons (Fsp3) is 0.467. The number of benzene rings is 1. The standard InChI is InChI=1S/C15H17NO2/c1-2-12-14(18)16-13(17)9-15(12)7-10-5-3-4-6-11(10)8-15/h3-6,12H,2,7-9H2,1H3,(H,16,17,18). The number of amides is 2. The fourth-order valence-electron chi connectivity index (χ4n) is 3.70. The first-order chi connectivity index (χ1) is 8.64. The van der Waals surface area contributed by atoms with Crippen LogP contribution in [0.5, 0.6) is 0 Å². The van der Waals surface area contributed by atoms with Gasteiger partial charge >= 0.3 is 0 Å². The first-order valence-electron chi connectivity index (χ1n) is 6.55. The summed E-state index contributed by atoms with van der Waals surface area (Å²) >= 11 is 0. The lowest BCUT2D eigenvalue weighted by molar-refractivity contribution is -0.143. The quantitative estimate of drug-likeness (QED) is 0.765. The molecule has 3 rings (SSSR count). The van der Waals surface area contributed by atoms with Crippen LogP contribution in [0.15, 0.2) is 24.3 Å². The van der Waals surface area contributed by atoms with Gasteiger partial charge in [-0.2, -0.15) is 0 Å². The molecule has 1 atom stereocenters. The van der Waals surface area contributed by atoms with Gasteiger partial charge in [0.1, 0.15) is 0 Å². The van der Waals surface area contributed by atoms with E-state index in [-0.39, 0.29) is 23.1 Å². The summed E-state index contributed by atoms with van der Waals surface area (Å²) in [7, 11) is 0. The largest absolute Gasteiger partial charge is 0.296 e. The highest BCUT2D eigenvalue weighted by molar-refractivity contribution is 6.00. The van der Waals surface area contributed by atoms with Crippen LogP contribution in [0.25, 0.3) is 0 Å². The molecule has 1 aliphatic heterocycles. The molecule has 0 bridgehead atoms. The highest BCUT2D eigenvalue weighted by atomic mass is 16.2. The molecule has 2 amide bonds. The van der Waals surface area contributed by atoms with E-state index in [1.807, 2.05) is 19.1 Å². The molecule has 1 fully saturated rings. The van der Waals surface area contributed by atoms with Crippen LogP contribution >= 0.6 is 0 Å². The van der Waals surface area contributed by atoms with Crippen LogP contribution < -0.4 is 5.32 Å². The van der Waals surface area contributed by atoms with Crippen molar-refractivity contribution in [3.63, 3.8) is 0 Å². The van der Waals surface area contributed by atoms with E-state index in [9.17, 15) is 9.59 Å². The second kappa shape index (κ2) is 3.94. The Morgan fingerprint density at radius 2 is 1.78 bits per heavy atom. The highest BCUT2D eigenvalue weighted by Gasteiger charge is 2.50. The number of piperidine rings is 1. The van der Waals surface area contributed by atoms with Crippen molar-refractivity contribution in [2.45, 2.75) is 32.6 Å². The molecule has 1 saturated heterocycles. The van der Waals surface area contributed by atoms with E-state index in [1.54, 1.807) is 0 Å². The molecular formula is C15H17NO2. The molecule has 0 aromatic heterocycles. The minimum Gasteiger partial charge on any atom is -0.296 e. The monoisotopic (exact) mass is 243 g/mol. The molecule has 1 aromatic carbocycles. The smallest absolute Gasteiger partial charge is 0.230 e. The average molecular weight is 243 g/mol. The summed E-state index contributed by atoms with van der Waals surface area (Å²) in [6, 6.07) is 8.30. The number of fused-ring (bicyclic) bond motifs is 1. The lowest BCUT2D eigenvalue weighted by Crippen LogP contribution is -2.52. The summed E-state index contributed by atoms with van der Waals surface area (Å²) in [5, 5.41) is 2.48. The molecule has 18 heavy (non-hydrogen) atoms. The minimum absolute atomic E-state index is 0.0393. The summed E-state index contributed by atoms with van der Waals surface area (Å²) in [4.78, 5) is 23.7. The Bertz CT molecular complexity index is 496. The van der Waals surface area contributed by atoms with Gasteiger partial charge in [0.15, 0.2) is 0 Å². The Hall–Kier alpha value is -1.64. The van der Waals surface area contributed by atoms with Crippen LogP contribution in [0.1, 0.15) is 30.9 Å². The normalized spacial score (nSPS) is 25.1. The summed E-state index contributed by atoms with van der Waals surface area (Å²) in [5.41, 5.74) is 2.44. The molecule has 0 saturated carbocycles. The van der Waals surface area contributed by atoms with E-state index < -0.39 is 0 Å². The van der Waals surface area contributed by atoms with Gasteiger partial charge < -0.3 is 0 Å². The minimum atomic E-state index is -0.169. The van der Waals surface area contributed by atoms with Crippen molar-refractivity contribution < 1.29 is 9.59 Å². The van der Waals surface area contributed by atoms with Crippen molar-refractivity contribution >= 4 is 11.8 Å². The Labute approximate surface area is 107 Å². The molecule has 2 aliphatic rings. The average Bonchev–Trinajstić information content (AvgIpc) is 2.66. The maximum atomic E-state index is 12.0. The van der Waals surface area contributed by atoms with Crippen LogP contribution in [0.3, 0.4) is 0 Å². The number of nitrogens with one attached hydrogen (secondary N) is 1. The zero-order chi connectivity index (χ0) is 12.8. The van der Waals surface area contributed by atoms with Crippen molar-refractivity contribution in [1.82, 2.24) is 5.32 Å². The third kappa shape index (κ3) is 1.57. The van der Waals surface area contributed by atoms with Gasteiger partial charge in [-0.3, -0.25) is 14.9 Å². The van der Waals surface area contributed by atoms with Crippen LogP contribution in [0.2, 0.25) is 0 Å². The molecule has 1 spiro atoms. The van der Waals surface area contributed by atoms with Crippen molar-refractivity contribution in [3.05, 3.63) is 35.4 Å². The van der Waals surface area contributed by atoms with Crippen molar-refractivity contribution in [3.8, 4) is 0 Å². The molecule has 1 N–H and O–H groups in total. The first kappa shape index (κ1) is 11.5. The number of imide groups is 1. The molecule has 1 aromatic rings. The molecule has 3 nitrogen and oxygen atoms in total.